The first kappa shape index (κ1) is 21.5. The molecule has 0 spiro atoms. The minimum Gasteiger partial charge on any atom is -0.491 e. The van der Waals surface area contributed by atoms with Crippen molar-refractivity contribution in [1.29, 1.82) is 0 Å². The molecule has 1 saturated heterocycles. The highest BCUT2D eigenvalue weighted by molar-refractivity contribution is 6.30. The minimum atomic E-state index is -0.896. The molecule has 2 aromatic heterocycles. The van der Waals surface area contributed by atoms with Crippen LogP contribution in [0, 0.1) is 5.92 Å². The zero-order chi connectivity index (χ0) is 22.1. The van der Waals surface area contributed by atoms with E-state index in [1.165, 1.54) is 4.57 Å². The summed E-state index contributed by atoms with van der Waals surface area (Å²) < 4.78 is 8.67. The monoisotopic (exact) mass is 447 g/mol. The number of piperidine rings is 1. The number of aliphatic hydroxyl groups is 1. The van der Waals surface area contributed by atoms with E-state index >= 15 is 0 Å². The van der Waals surface area contributed by atoms with E-state index in [-0.39, 0.29) is 18.7 Å². The summed E-state index contributed by atoms with van der Waals surface area (Å²) in [6.07, 6.45) is 1.13. The highest BCUT2D eigenvalue weighted by Gasteiger charge is 2.25. The predicted octanol–water partition coefficient (Wildman–Crippen LogP) is 1.75. The summed E-state index contributed by atoms with van der Waals surface area (Å²) >= 11 is 5.89. The van der Waals surface area contributed by atoms with E-state index in [0.717, 1.165) is 25.9 Å². The Morgan fingerprint density at radius 3 is 2.61 bits per heavy atom. The average Bonchev–Trinajstić information content (AvgIpc) is 3.12. The van der Waals surface area contributed by atoms with Crippen LogP contribution in [0.1, 0.15) is 19.8 Å². The van der Waals surface area contributed by atoms with Crippen molar-refractivity contribution in [2.75, 3.05) is 24.6 Å². The number of aromatic amines is 1. The molecular formula is C21H26ClN5O4. The number of anilines is 1. The standard InChI is InChI=1S/C21H26ClN5O4/c1-13-7-9-26(10-8-13)20-23-18-17(19(29)24-21(30)25(18)2)27(20)11-15(28)12-31-16-5-3-14(22)4-6-16/h3-6,13,15,28H,7-12H2,1-2H3,(H,24,29,30)/t15-/m1/s1. The van der Waals surface area contributed by atoms with Crippen LogP contribution < -0.4 is 20.9 Å². The molecule has 31 heavy (non-hydrogen) atoms. The Morgan fingerprint density at radius 1 is 1.26 bits per heavy atom. The molecule has 0 saturated carbocycles. The lowest BCUT2D eigenvalue weighted by Crippen LogP contribution is -2.36. The molecule has 3 heterocycles. The van der Waals surface area contributed by atoms with Gasteiger partial charge in [0.05, 0.1) is 6.54 Å². The Bertz CT molecular complexity index is 1180. The number of aryl methyl sites for hydroxylation is 1. The molecule has 1 aromatic carbocycles. The number of benzene rings is 1. The van der Waals surface area contributed by atoms with Crippen LogP contribution in [0.4, 0.5) is 5.95 Å². The van der Waals surface area contributed by atoms with Gasteiger partial charge in [0.25, 0.3) is 5.56 Å². The van der Waals surface area contributed by atoms with Crippen LogP contribution in [0.3, 0.4) is 0 Å². The van der Waals surface area contributed by atoms with Gasteiger partial charge in [-0.1, -0.05) is 18.5 Å². The first-order valence-corrected chi connectivity index (χ1v) is 10.7. The number of aromatic nitrogens is 4. The maximum Gasteiger partial charge on any atom is 0.329 e. The molecule has 1 aliphatic heterocycles. The molecule has 166 valence electrons. The number of hydrogen-bond donors (Lipinski definition) is 2. The quantitative estimate of drug-likeness (QED) is 0.596. The number of fused-ring (bicyclic) bond motifs is 1. The molecule has 0 amide bonds. The Balaban J connectivity index is 1.65. The number of nitrogens with zero attached hydrogens (tertiary/aromatic N) is 4. The van der Waals surface area contributed by atoms with E-state index in [9.17, 15) is 14.7 Å². The SMILES string of the molecule is CC1CCN(c2nc3c(c(=O)[nH]c(=O)n3C)n2C[C@@H](O)COc2ccc(Cl)cc2)CC1. The van der Waals surface area contributed by atoms with Crippen molar-refractivity contribution < 1.29 is 9.84 Å². The molecule has 0 radical (unpaired) electrons. The van der Waals surface area contributed by atoms with Gasteiger partial charge in [-0.05, 0) is 43.0 Å². The number of nitrogens with one attached hydrogen (secondary N) is 1. The van der Waals surface area contributed by atoms with Crippen LogP contribution in [0.15, 0.2) is 33.9 Å². The van der Waals surface area contributed by atoms with Crippen molar-refractivity contribution in [3.63, 3.8) is 0 Å². The van der Waals surface area contributed by atoms with E-state index in [2.05, 4.69) is 21.8 Å². The lowest BCUT2D eigenvalue weighted by atomic mass is 10.00. The van der Waals surface area contributed by atoms with Crippen molar-refractivity contribution in [3.05, 3.63) is 50.1 Å². The van der Waals surface area contributed by atoms with E-state index in [1.807, 2.05) is 0 Å². The lowest BCUT2D eigenvalue weighted by Gasteiger charge is -2.31. The number of ether oxygens (including phenoxy) is 1. The number of rotatable bonds is 6. The predicted molar refractivity (Wildman–Crippen MR) is 119 cm³/mol. The van der Waals surface area contributed by atoms with Crippen LogP contribution in [0.2, 0.25) is 5.02 Å². The van der Waals surface area contributed by atoms with Gasteiger partial charge in [-0.2, -0.15) is 4.98 Å². The Hall–Kier alpha value is -2.78. The van der Waals surface area contributed by atoms with Crippen LogP contribution in [0.25, 0.3) is 11.2 Å². The van der Waals surface area contributed by atoms with Gasteiger partial charge in [0, 0.05) is 25.2 Å². The van der Waals surface area contributed by atoms with E-state index in [1.54, 1.807) is 35.9 Å². The third-order valence-corrected chi connectivity index (χ3v) is 5.95. The summed E-state index contributed by atoms with van der Waals surface area (Å²) in [4.78, 5) is 33.8. The molecule has 4 rings (SSSR count). The van der Waals surface area contributed by atoms with E-state index in [0.29, 0.717) is 28.3 Å². The van der Waals surface area contributed by atoms with Crippen molar-refractivity contribution in [2.24, 2.45) is 13.0 Å². The van der Waals surface area contributed by atoms with Gasteiger partial charge < -0.3 is 19.3 Å². The molecular weight excluding hydrogens is 422 g/mol. The Morgan fingerprint density at radius 2 is 1.94 bits per heavy atom. The van der Waals surface area contributed by atoms with Crippen molar-refractivity contribution in [1.82, 2.24) is 19.1 Å². The molecule has 9 nitrogen and oxygen atoms in total. The Labute approximate surface area is 183 Å². The van der Waals surface area contributed by atoms with Gasteiger partial charge in [-0.15, -0.1) is 0 Å². The second-order valence-corrected chi connectivity index (χ2v) is 8.54. The summed E-state index contributed by atoms with van der Waals surface area (Å²) in [6, 6.07) is 6.87. The first-order chi connectivity index (χ1) is 14.8. The van der Waals surface area contributed by atoms with Crippen molar-refractivity contribution in [2.45, 2.75) is 32.4 Å². The molecule has 2 N–H and O–H groups in total. The zero-order valence-electron chi connectivity index (χ0n) is 17.5. The second-order valence-electron chi connectivity index (χ2n) is 8.10. The molecule has 1 fully saturated rings. The van der Waals surface area contributed by atoms with E-state index < -0.39 is 17.4 Å². The van der Waals surface area contributed by atoms with Gasteiger partial charge in [0.2, 0.25) is 5.95 Å². The fraction of sp³-hybridized carbons (Fsp3) is 0.476. The maximum atomic E-state index is 12.6. The third-order valence-electron chi connectivity index (χ3n) is 5.70. The smallest absolute Gasteiger partial charge is 0.329 e. The second kappa shape index (κ2) is 8.76. The molecule has 10 heteroatoms. The number of halogens is 1. The van der Waals surface area contributed by atoms with E-state index in [4.69, 9.17) is 16.3 Å². The summed E-state index contributed by atoms with van der Waals surface area (Å²) in [5.41, 5.74) is -0.477. The maximum absolute atomic E-state index is 12.6. The van der Waals surface area contributed by atoms with Crippen LogP contribution in [-0.4, -0.2) is 50.0 Å². The third kappa shape index (κ3) is 4.47. The van der Waals surface area contributed by atoms with Crippen LogP contribution in [-0.2, 0) is 13.6 Å². The summed E-state index contributed by atoms with van der Waals surface area (Å²) in [5, 5.41) is 11.3. The molecule has 1 aliphatic rings. The minimum absolute atomic E-state index is 0.0292. The highest BCUT2D eigenvalue weighted by Crippen LogP contribution is 2.25. The van der Waals surface area contributed by atoms with Crippen molar-refractivity contribution in [3.8, 4) is 5.75 Å². The summed E-state index contributed by atoms with van der Waals surface area (Å²) in [6.45, 7) is 3.95. The number of hydrogen-bond acceptors (Lipinski definition) is 6. The van der Waals surface area contributed by atoms with Crippen LogP contribution >= 0.6 is 11.6 Å². The van der Waals surface area contributed by atoms with Gasteiger partial charge >= 0.3 is 5.69 Å². The molecule has 0 bridgehead atoms. The van der Waals surface area contributed by atoms with Gasteiger partial charge in [0.15, 0.2) is 11.2 Å². The Kier molecular flexibility index (Phi) is 6.06. The lowest BCUT2D eigenvalue weighted by molar-refractivity contribution is 0.0936. The van der Waals surface area contributed by atoms with Crippen molar-refractivity contribution >= 4 is 28.7 Å². The highest BCUT2D eigenvalue weighted by atomic mass is 35.5. The number of imidazole rings is 1. The van der Waals surface area contributed by atoms with Gasteiger partial charge in [-0.25, -0.2) is 4.79 Å². The molecule has 0 unspecified atom stereocenters. The number of aliphatic hydroxyl groups excluding tert-OH is 1. The fourth-order valence-corrected chi connectivity index (χ4v) is 3.96. The largest absolute Gasteiger partial charge is 0.491 e. The fourth-order valence-electron chi connectivity index (χ4n) is 3.83. The number of H-pyrrole nitrogens is 1. The normalized spacial score (nSPS) is 16.1. The van der Waals surface area contributed by atoms with Gasteiger partial charge in [0.1, 0.15) is 18.5 Å². The summed E-state index contributed by atoms with van der Waals surface area (Å²) in [7, 11) is 1.57. The topological polar surface area (TPSA) is 105 Å². The summed E-state index contributed by atoms with van der Waals surface area (Å²) in [5.74, 6) is 1.80. The van der Waals surface area contributed by atoms with Crippen LogP contribution in [0.5, 0.6) is 5.75 Å². The zero-order valence-corrected chi connectivity index (χ0v) is 18.3. The first-order valence-electron chi connectivity index (χ1n) is 10.3. The molecule has 1 atom stereocenters. The molecule has 3 aromatic rings. The van der Waals surface area contributed by atoms with Gasteiger partial charge in [-0.3, -0.25) is 14.3 Å². The molecule has 0 aliphatic carbocycles. The average molecular weight is 448 g/mol.